The number of likely N-dealkylation sites (tertiary alicyclic amines) is 1. The molecule has 1 N–H and O–H groups in total. The van der Waals surface area contributed by atoms with Gasteiger partial charge in [0.1, 0.15) is 0 Å². The Morgan fingerprint density at radius 2 is 2.04 bits per heavy atom. The summed E-state index contributed by atoms with van der Waals surface area (Å²) in [7, 11) is 1.88. The zero-order chi connectivity index (χ0) is 17.1. The molecule has 0 radical (unpaired) electrons. The zero-order valence-electron chi connectivity index (χ0n) is 14.9. The van der Waals surface area contributed by atoms with Crippen molar-refractivity contribution >= 4 is 27.4 Å². The van der Waals surface area contributed by atoms with Crippen LogP contribution in [0.2, 0.25) is 0 Å². The Kier molecular flexibility index (Phi) is 5.22. The number of piperidine rings is 1. The summed E-state index contributed by atoms with van der Waals surface area (Å²) in [5.74, 6) is 1.86. The molecule has 0 atom stereocenters. The lowest BCUT2D eigenvalue weighted by molar-refractivity contribution is 0.0131. The van der Waals surface area contributed by atoms with Gasteiger partial charge in [-0.1, -0.05) is 18.2 Å². The van der Waals surface area contributed by atoms with E-state index in [0.29, 0.717) is 6.10 Å². The van der Waals surface area contributed by atoms with E-state index in [1.807, 2.05) is 18.4 Å². The second kappa shape index (κ2) is 7.75. The van der Waals surface area contributed by atoms with Gasteiger partial charge in [0.25, 0.3) is 0 Å². The molecule has 0 amide bonds. The minimum absolute atomic E-state index is 0.441. The van der Waals surface area contributed by atoms with Gasteiger partial charge >= 0.3 is 0 Å². The number of hydrogen-bond donors (Lipinski definition) is 1. The van der Waals surface area contributed by atoms with Gasteiger partial charge in [-0.3, -0.25) is 4.99 Å². The summed E-state index contributed by atoms with van der Waals surface area (Å²) in [4.78, 5) is 6.86. The molecule has 0 unspecified atom stereocenters. The van der Waals surface area contributed by atoms with Gasteiger partial charge in [0.2, 0.25) is 0 Å². The second-order valence-corrected chi connectivity index (χ2v) is 8.03. The summed E-state index contributed by atoms with van der Waals surface area (Å²) in [5, 5.41) is 7.15. The fourth-order valence-corrected chi connectivity index (χ4v) is 4.43. The van der Waals surface area contributed by atoms with Gasteiger partial charge in [0, 0.05) is 38.0 Å². The van der Waals surface area contributed by atoms with Crippen LogP contribution < -0.4 is 5.32 Å². The van der Waals surface area contributed by atoms with Crippen LogP contribution in [-0.2, 0) is 11.3 Å². The molecule has 5 heteroatoms. The lowest BCUT2D eigenvalue weighted by atomic mass is 10.1. The lowest BCUT2D eigenvalue weighted by Gasteiger charge is -2.34. The zero-order valence-corrected chi connectivity index (χ0v) is 15.7. The first-order chi connectivity index (χ1) is 12.3. The number of guanidine groups is 1. The number of rotatable bonds is 5. The highest BCUT2D eigenvalue weighted by Gasteiger charge is 2.26. The maximum Gasteiger partial charge on any atom is 0.193 e. The van der Waals surface area contributed by atoms with Gasteiger partial charge in [-0.05, 0) is 54.0 Å². The molecule has 4 rings (SSSR count). The lowest BCUT2D eigenvalue weighted by Crippen LogP contribution is -2.46. The predicted molar refractivity (Wildman–Crippen MR) is 105 cm³/mol. The van der Waals surface area contributed by atoms with Crippen molar-refractivity contribution in [2.75, 3.05) is 26.7 Å². The van der Waals surface area contributed by atoms with E-state index in [1.165, 1.54) is 28.5 Å². The van der Waals surface area contributed by atoms with Crippen LogP contribution in [0.3, 0.4) is 0 Å². The minimum Gasteiger partial charge on any atom is -0.378 e. The number of ether oxygens (including phenoxy) is 1. The Balaban J connectivity index is 1.29. The van der Waals surface area contributed by atoms with Gasteiger partial charge in [0.15, 0.2) is 5.96 Å². The summed E-state index contributed by atoms with van der Waals surface area (Å²) in [6.07, 6.45) is 5.39. The Morgan fingerprint density at radius 3 is 2.80 bits per heavy atom. The molecule has 2 heterocycles. The summed E-state index contributed by atoms with van der Waals surface area (Å²) in [6.45, 7) is 3.86. The van der Waals surface area contributed by atoms with Gasteiger partial charge in [0.05, 0.1) is 6.10 Å². The van der Waals surface area contributed by atoms with Crippen LogP contribution in [0.25, 0.3) is 10.1 Å². The number of nitrogens with one attached hydrogen (secondary N) is 1. The second-order valence-electron chi connectivity index (χ2n) is 7.12. The number of nitrogens with zero attached hydrogens (tertiary/aromatic N) is 2. The van der Waals surface area contributed by atoms with Gasteiger partial charge in [-0.15, -0.1) is 11.3 Å². The number of aliphatic imine (C=N–C) groups is 1. The van der Waals surface area contributed by atoms with Crippen molar-refractivity contribution in [3.8, 4) is 0 Å². The van der Waals surface area contributed by atoms with Crippen molar-refractivity contribution in [3.05, 3.63) is 35.2 Å². The summed E-state index contributed by atoms with van der Waals surface area (Å²) < 4.78 is 7.40. The summed E-state index contributed by atoms with van der Waals surface area (Å²) in [6, 6.07) is 8.60. The normalized spacial score (nSPS) is 19.6. The van der Waals surface area contributed by atoms with Crippen LogP contribution >= 0.6 is 11.3 Å². The molecule has 2 aliphatic rings. The van der Waals surface area contributed by atoms with E-state index in [1.54, 1.807) is 0 Å². The molecular formula is C20H27N3OS. The van der Waals surface area contributed by atoms with E-state index in [2.05, 4.69) is 44.9 Å². The standard InChI is InChI=1S/C20H27N3OS/c1-21-20(22-12-16-14-25-19-5-3-2-4-18(16)19)23-10-8-17(9-11-23)24-13-15-6-7-15/h2-5,14-15,17H,6-13H2,1H3,(H,21,22). The van der Waals surface area contributed by atoms with Crippen molar-refractivity contribution in [3.63, 3.8) is 0 Å². The number of benzene rings is 1. The van der Waals surface area contributed by atoms with Gasteiger partial charge in [-0.25, -0.2) is 0 Å². The topological polar surface area (TPSA) is 36.9 Å². The first kappa shape index (κ1) is 16.9. The molecule has 1 aromatic carbocycles. The molecule has 1 aliphatic heterocycles. The van der Waals surface area contributed by atoms with Crippen LogP contribution in [0.5, 0.6) is 0 Å². The van der Waals surface area contributed by atoms with E-state index in [0.717, 1.165) is 51.0 Å². The Hall–Kier alpha value is -1.59. The number of fused-ring (bicyclic) bond motifs is 1. The molecule has 4 nitrogen and oxygen atoms in total. The van der Waals surface area contributed by atoms with Crippen molar-refractivity contribution < 1.29 is 4.74 Å². The van der Waals surface area contributed by atoms with Crippen molar-refractivity contribution in [1.29, 1.82) is 0 Å². The number of thiophene rings is 1. The third-order valence-electron chi connectivity index (χ3n) is 5.22. The average molecular weight is 358 g/mol. The highest BCUT2D eigenvalue weighted by atomic mass is 32.1. The molecule has 2 fully saturated rings. The smallest absolute Gasteiger partial charge is 0.193 e. The largest absolute Gasteiger partial charge is 0.378 e. The van der Waals surface area contributed by atoms with Crippen molar-refractivity contribution in [1.82, 2.24) is 10.2 Å². The minimum atomic E-state index is 0.441. The van der Waals surface area contributed by atoms with E-state index in [9.17, 15) is 0 Å². The highest BCUT2D eigenvalue weighted by Crippen LogP contribution is 2.30. The third-order valence-corrected chi connectivity index (χ3v) is 6.23. The van der Waals surface area contributed by atoms with E-state index < -0.39 is 0 Å². The van der Waals surface area contributed by atoms with Gasteiger partial charge < -0.3 is 15.0 Å². The third kappa shape index (κ3) is 4.15. The molecule has 0 bridgehead atoms. The monoisotopic (exact) mass is 357 g/mol. The Bertz CT molecular complexity index is 729. The molecule has 1 aromatic heterocycles. The van der Waals surface area contributed by atoms with E-state index in [-0.39, 0.29) is 0 Å². The van der Waals surface area contributed by atoms with Crippen molar-refractivity contribution in [2.24, 2.45) is 10.9 Å². The molecule has 134 valence electrons. The van der Waals surface area contributed by atoms with Crippen LogP contribution in [0, 0.1) is 5.92 Å². The molecular weight excluding hydrogens is 330 g/mol. The quantitative estimate of drug-likeness (QED) is 0.652. The fraction of sp³-hybridized carbons (Fsp3) is 0.550. The maximum atomic E-state index is 6.05. The molecule has 25 heavy (non-hydrogen) atoms. The average Bonchev–Trinajstić information content (AvgIpc) is 3.41. The predicted octanol–water partition coefficient (Wildman–Crippen LogP) is 3.87. The Morgan fingerprint density at radius 1 is 1.24 bits per heavy atom. The highest BCUT2D eigenvalue weighted by molar-refractivity contribution is 7.17. The van der Waals surface area contributed by atoms with Crippen LogP contribution in [-0.4, -0.2) is 43.7 Å². The Labute approximate surface area is 153 Å². The SMILES string of the molecule is CN=C(NCc1csc2ccccc12)N1CCC(OCC2CC2)CC1. The van der Waals surface area contributed by atoms with Crippen LogP contribution in [0.1, 0.15) is 31.2 Å². The van der Waals surface area contributed by atoms with E-state index >= 15 is 0 Å². The van der Waals surface area contributed by atoms with Crippen LogP contribution in [0.15, 0.2) is 34.6 Å². The molecule has 1 aliphatic carbocycles. The van der Waals surface area contributed by atoms with Crippen molar-refractivity contribution in [2.45, 2.75) is 38.3 Å². The number of hydrogen-bond acceptors (Lipinski definition) is 3. The van der Waals surface area contributed by atoms with E-state index in [4.69, 9.17) is 4.74 Å². The molecule has 2 aromatic rings. The van der Waals surface area contributed by atoms with Gasteiger partial charge in [-0.2, -0.15) is 0 Å². The first-order valence-corrected chi connectivity index (χ1v) is 10.2. The maximum absolute atomic E-state index is 6.05. The fourth-order valence-electron chi connectivity index (χ4n) is 3.47. The molecule has 1 saturated carbocycles. The summed E-state index contributed by atoms with van der Waals surface area (Å²) in [5.41, 5.74) is 1.35. The van der Waals surface area contributed by atoms with Crippen LogP contribution in [0.4, 0.5) is 0 Å². The summed E-state index contributed by atoms with van der Waals surface area (Å²) >= 11 is 1.81. The first-order valence-electron chi connectivity index (χ1n) is 9.36. The molecule has 1 saturated heterocycles. The molecule has 0 spiro atoms.